The third-order valence-corrected chi connectivity index (χ3v) is 3.50. The van der Waals surface area contributed by atoms with Crippen LogP contribution in [-0.4, -0.2) is 16.4 Å². The maximum Gasteiger partial charge on any atom is 0.417 e. The van der Waals surface area contributed by atoms with Crippen LogP contribution >= 0.6 is 11.6 Å². The standard InChI is InChI=1S/C16H13ClF3N3O3/c17-12-4-1-10(2-5-12)7-13(24)21-22-14(25)9-23-8-11(16(18,19)20)3-6-15(23)26/h1-6,8H,7,9H2,(H,21,24)(H,22,25). The maximum atomic E-state index is 12.6. The van der Waals surface area contributed by atoms with Crippen LogP contribution in [0.2, 0.25) is 5.02 Å². The van der Waals surface area contributed by atoms with Gasteiger partial charge in [-0.1, -0.05) is 23.7 Å². The Kier molecular flexibility index (Phi) is 6.04. The van der Waals surface area contributed by atoms with Crippen molar-refractivity contribution < 1.29 is 22.8 Å². The highest BCUT2D eigenvalue weighted by Crippen LogP contribution is 2.27. The first-order valence-electron chi connectivity index (χ1n) is 7.25. The summed E-state index contributed by atoms with van der Waals surface area (Å²) in [6.45, 7) is -0.677. The number of halogens is 4. The Labute approximate surface area is 150 Å². The Morgan fingerprint density at radius 3 is 2.23 bits per heavy atom. The molecule has 1 aromatic carbocycles. The monoisotopic (exact) mass is 387 g/mol. The SMILES string of the molecule is O=C(Cc1ccc(Cl)cc1)NNC(=O)Cn1cc(C(F)(F)F)ccc1=O. The molecule has 0 radical (unpaired) electrons. The molecule has 0 aliphatic rings. The van der Waals surface area contributed by atoms with Gasteiger partial charge in [0.15, 0.2) is 0 Å². The minimum atomic E-state index is -4.64. The molecule has 0 aliphatic heterocycles. The van der Waals surface area contributed by atoms with Gasteiger partial charge in [-0.15, -0.1) is 0 Å². The van der Waals surface area contributed by atoms with E-state index in [2.05, 4.69) is 5.43 Å². The lowest BCUT2D eigenvalue weighted by Crippen LogP contribution is -2.44. The number of carbonyl (C=O) groups is 2. The van der Waals surface area contributed by atoms with Crippen molar-refractivity contribution in [3.8, 4) is 0 Å². The van der Waals surface area contributed by atoms with Crippen molar-refractivity contribution in [2.45, 2.75) is 19.1 Å². The van der Waals surface area contributed by atoms with E-state index < -0.39 is 35.7 Å². The Bertz CT molecular complexity index is 864. The minimum Gasteiger partial charge on any atom is -0.305 e. The van der Waals surface area contributed by atoms with Crippen LogP contribution in [0, 0.1) is 0 Å². The molecule has 6 nitrogen and oxygen atoms in total. The molecule has 0 fully saturated rings. The summed E-state index contributed by atoms with van der Waals surface area (Å²) in [6, 6.07) is 7.81. The number of hydrogen-bond donors (Lipinski definition) is 2. The summed E-state index contributed by atoms with van der Waals surface area (Å²) in [5.41, 5.74) is 2.98. The van der Waals surface area contributed by atoms with Gasteiger partial charge in [0.2, 0.25) is 5.91 Å². The fraction of sp³-hybridized carbons (Fsp3) is 0.188. The molecular formula is C16H13ClF3N3O3. The predicted molar refractivity (Wildman–Crippen MR) is 87.1 cm³/mol. The topological polar surface area (TPSA) is 80.2 Å². The first-order chi connectivity index (χ1) is 12.1. The van der Waals surface area contributed by atoms with Crippen LogP contribution in [0.1, 0.15) is 11.1 Å². The molecule has 1 heterocycles. The fourth-order valence-electron chi connectivity index (χ4n) is 1.99. The van der Waals surface area contributed by atoms with Gasteiger partial charge in [0.1, 0.15) is 6.54 Å². The molecule has 0 bridgehead atoms. The number of hydrazine groups is 1. The number of alkyl halides is 3. The van der Waals surface area contributed by atoms with Gasteiger partial charge in [0, 0.05) is 17.3 Å². The number of hydrogen-bond acceptors (Lipinski definition) is 3. The van der Waals surface area contributed by atoms with Crippen LogP contribution in [0.15, 0.2) is 47.4 Å². The first kappa shape index (κ1) is 19.5. The van der Waals surface area contributed by atoms with Crippen LogP contribution in [0.4, 0.5) is 13.2 Å². The second-order valence-electron chi connectivity index (χ2n) is 5.28. The molecule has 0 unspecified atom stereocenters. The lowest BCUT2D eigenvalue weighted by atomic mass is 10.1. The highest BCUT2D eigenvalue weighted by atomic mass is 35.5. The third kappa shape index (κ3) is 5.62. The van der Waals surface area contributed by atoms with E-state index >= 15 is 0 Å². The highest BCUT2D eigenvalue weighted by Gasteiger charge is 2.31. The molecule has 2 aromatic rings. The summed E-state index contributed by atoms with van der Waals surface area (Å²) in [6.07, 6.45) is -4.14. The second-order valence-corrected chi connectivity index (χ2v) is 5.72. The molecule has 0 saturated carbocycles. The van der Waals surface area contributed by atoms with Crippen LogP contribution < -0.4 is 16.4 Å². The van der Waals surface area contributed by atoms with Gasteiger partial charge < -0.3 is 4.57 Å². The summed E-state index contributed by atoms with van der Waals surface area (Å²) in [5, 5.41) is 0.508. The Hall–Kier alpha value is -2.81. The van der Waals surface area contributed by atoms with Crippen molar-refractivity contribution in [1.82, 2.24) is 15.4 Å². The number of nitrogens with zero attached hydrogens (tertiary/aromatic N) is 1. The molecule has 10 heteroatoms. The van der Waals surface area contributed by atoms with E-state index in [1.54, 1.807) is 24.3 Å². The average molecular weight is 388 g/mol. The summed E-state index contributed by atoms with van der Waals surface area (Å²) < 4.78 is 38.5. The molecule has 0 atom stereocenters. The van der Waals surface area contributed by atoms with Gasteiger partial charge in [-0.2, -0.15) is 13.2 Å². The average Bonchev–Trinajstić information content (AvgIpc) is 2.56. The minimum absolute atomic E-state index is 0.0407. The molecule has 2 amide bonds. The predicted octanol–water partition coefficient (Wildman–Crippen LogP) is 1.91. The zero-order valence-corrected chi connectivity index (χ0v) is 13.9. The van der Waals surface area contributed by atoms with Gasteiger partial charge in [-0.05, 0) is 23.8 Å². The zero-order chi connectivity index (χ0) is 19.3. The molecule has 26 heavy (non-hydrogen) atoms. The molecule has 0 spiro atoms. The number of rotatable bonds is 4. The molecule has 0 aliphatic carbocycles. The number of carbonyl (C=O) groups excluding carboxylic acids is 2. The van der Waals surface area contributed by atoms with E-state index in [0.29, 0.717) is 27.4 Å². The zero-order valence-electron chi connectivity index (χ0n) is 13.1. The largest absolute Gasteiger partial charge is 0.417 e. The van der Waals surface area contributed by atoms with Crippen LogP contribution in [0.5, 0.6) is 0 Å². The van der Waals surface area contributed by atoms with Gasteiger partial charge in [-0.3, -0.25) is 25.2 Å². The molecule has 2 rings (SSSR count). The number of nitrogens with one attached hydrogen (secondary N) is 2. The molecular weight excluding hydrogens is 375 g/mol. The Balaban J connectivity index is 1.91. The second kappa shape index (κ2) is 8.05. The number of amides is 2. The summed E-state index contributed by atoms with van der Waals surface area (Å²) in [5.74, 6) is -1.40. The van der Waals surface area contributed by atoms with Crippen molar-refractivity contribution >= 4 is 23.4 Å². The molecule has 0 saturated heterocycles. The summed E-state index contributed by atoms with van der Waals surface area (Å²) in [4.78, 5) is 35.0. The quantitative estimate of drug-likeness (QED) is 0.786. The van der Waals surface area contributed by atoms with Gasteiger partial charge in [0.05, 0.1) is 12.0 Å². The Morgan fingerprint density at radius 1 is 1.00 bits per heavy atom. The van der Waals surface area contributed by atoms with Gasteiger partial charge in [0.25, 0.3) is 11.5 Å². The van der Waals surface area contributed by atoms with Crippen molar-refractivity contribution in [2.75, 3.05) is 0 Å². The summed E-state index contributed by atoms with van der Waals surface area (Å²) >= 11 is 5.72. The van der Waals surface area contributed by atoms with Crippen LogP contribution in [-0.2, 0) is 28.7 Å². The van der Waals surface area contributed by atoms with Crippen LogP contribution in [0.3, 0.4) is 0 Å². The number of pyridine rings is 1. The van der Waals surface area contributed by atoms with Gasteiger partial charge >= 0.3 is 6.18 Å². The van der Waals surface area contributed by atoms with Gasteiger partial charge in [-0.25, -0.2) is 0 Å². The van der Waals surface area contributed by atoms with E-state index in [1.165, 1.54) is 0 Å². The lowest BCUT2D eigenvalue weighted by Gasteiger charge is -2.11. The summed E-state index contributed by atoms with van der Waals surface area (Å²) in [7, 11) is 0. The first-order valence-corrected chi connectivity index (χ1v) is 7.63. The lowest BCUT2D eigenvalue weighted by molar-refractivity contribution is -0.138. The van der Waals surface area contributed by atoms with Crippen molar-refractivity contribution in [3.05, 3.63) is 69.1 Å². The third-order valence-electron chi connectivity index (χ3n) is 3.24. The maximum absolute atomic E-state index is 12.6. The highest BCUT2D eigenvalue weighted by molar-refractivity contribution is 6.30. The fourth-order valence-corrected chi connectivity index (χ4v) is 2.11. The van der Waals surface area contributed by atoms with Crippen LogP contribution in [0.25, 0.3) is 0 Å². The number of aromatic nitrogens is 1. The Morgan fingerprint density at radius 2 is 1.62 bits per heavy atom. The van der Waals surface area contributed by atoms with Crippen molar-refractivity contribution in [1.29, 1.82) is 0 Å². The number of benzene rings is 1. The smallest absolute Gasteiger partial charge is 0.305 e. The van der Waals surface area contributed by atoms with E-state index in [1.807, 2.05) is 5.43 Å². The molecule has 1 aromatic heterocycles. The van der Waals surface area contributed by atoms with E-state index in [0.717, 1.165) is 6.07 Å². The molecule has 138 valence electrons. The van der Waals surface area contributed by atoms with E-state index in [-0.39, 0.29) is 6.42 Å². The normalized spacial score (nSPS) is 11.1. The van der Waals surface area contributed by atoms with E-state index in [4.69, 9.17) is 11.6 Å². The molecule has 2 N–H and O–H groups in total. The van der Waals surface area contributed by atoms with Crippen molar-refractivity contribution in [2.24, 2.45) is 0 Å². The van der Waals surface area contributed by atoms with Crippen molar-refractivity contribution in [3.63, 3.8) is 0 Å². The van der Waals surface area contributed by atoms with E-state index in [9.17, 15) is 27.6 Å².